The van der Waals surface area contributed by atoms with Crippen LogP contribution in [0.3, 0.4) is 0 Å². The highest BCUT2D eigenvalue weighted by molar-refractivity contribution is 5.52. The van der Waals surface area contributed by atoms with Gasteiger partial charge in [-0.15, -0.1) is 0 Å². The molecule has 76 valence electrons. The molecule has 0 unspecified atom stereocenters. The molecule has 0 aliphatic carbocycles. The van der Waals surface area contributed by atoms with Crippen molar-refractivity contribution in [1.29, 1.82) is 0 Å². The summed E-state index contributed by atoms with van der Waals surface area (Å²) in [5.41, 5.74) is -0.585. The molecule has 0 aromatic carbocycles. The molecule has 7 nitrogen and oxygen atoms in total. The van der Waals surface area contributed by atoms with Crippen LogP contribution in [-0.2, 0) is 11.3 Å². The zero-order chi connectivity index (χ0) is 10.7. The zero-order valence-corrected chi connectivity index (χ0v) is 7.30. The number of methoxy groups -OCH3 is 1. The van der Waals surface area contributed by atoms with Crippen molar-refractivity contribution in [3.8, 4) is 11.6 Å². The van der Waals surface area contributed by atoms with Crippen molar-refractivity contribution in [1.82, 2.24) is 4.98 Å². The van der Waals surface area contributed by atoms with E-state index in [9.17, 15) is 15.2 Å². The number of ether oxygens (including phenoxy) is 1. The molecule has 0 aliphatic heterocycles. The minimum atomic E-state index is -0.908. The van der Waals surface area contributed by atoms with Crippen LogP contribution in [0.4, 0.5) is 5.69 Å². The number of nitro groups is 1. The molecule has 1 heterocycles. The highest BCUT2D eigenvalue weighted by Gasteiger charge is 2.22. The molecule has 0 radical (unpaired) electrons. The summed E-state index contributed by atoms with van der Waals surface area (Å²) in [6.07, 6.45) is 0. The van der Waals surface area contributed by atoms with Crippen molar-refractivity contribution < 1.29 is 19.9 Å². The highest BCUT2D eigenvalue weighted by atomic mass is 16.6. The first kappa shape index (κ1) is 10.2. The Hall–Kier alpha value is -1.89. The monoisotopic (exact) mass is 200 g/mol. The van der Waals surface area contributed by atoms with E-state index in [0.717, 1.165) is 6.07 Å². The standard InChI is InChI=1S/C7H8N2O5/c1-14-3-4-2-5(10)6(9(12)13)7(11)8-4/h2H,3H2,1H3,(H2,8,10,11). The molecule has 0 saturated heterocycles. The molecule has 1 rings (SSSR count). The van der Waals surface area contributed by atoms with Crippen LogP contribution in [-0.4, -0.2) is 27.2 Å². The minimum Gasteiger partial charge on any atom is -0.502 e. The summed E-state index contributed by atoms with van der Waals surface area (Å²) in [6, 6.07) is 1.07. The van der Waals surface area contributed by atoms with E-state index in [-0.39, 0.29) is 12.3 Å². The predicted octanol–water partition coefficient (Wildman–Crippen LogP) is 0.547. The van der Waals surface area contributed by atoms with Gasteiger partial charge in [-0.2, -0.15) is 0 Å². The lowest BCUT2D eigenvalue weighted by Gasteiger charge is -2.02. The third-order valence-corrected chi connectivity index (χ3v) is 1.48. The fourth-order valence-corrected chi connectivity index (χ4v) is 0.959. The molecule has 7 heteroatoms. The third kappa shape index (κ3) is 1.88. The number of rotatable bonds is 3. The zero-order valence-electron chi connectivity index (χ0n) is 7.30. The summed E-state index contributed by atoms with van der Waals surface area (Å²) in [4.78, 5) is 12.9. The van der Waals surface area contributed by atoms with Gasteiger partial charge in [-0.05, 0) is 0 Å². The Balaban J connectivity index is 3.18. The number of aromatic hydroxyl groups is 2. The Kier molecular flexibility index (Phi) is 2.82. The molecule has 0 amide bonds. The van der Waals surface area contributed by atoms with E-state index in [0.29, 0.717) is 0 Å². The Morgan fingerprint density at radius 2 is 2.29 bits per heavy atom. The number of aromatic nitrogens is 1. The van der Waals surface area contributed by atoms with E-state index in [4.69, 9.17) is 5.11 Å². The number of hydrogen-bond acceptors (Lipinski definition) is 6. The van der Waals surface area contributed by atoms with Crippen LogP contribution in [0.2, 0.25) is 0 Å². The van der Waals surface area contributed by atoms with Gasteiger partial charge in [-0.25, -0.2) is 4.98 Å². The highest BCUT2D eigenvalue weighted by Crippen LogP contribution is 2.33. The van der Waals surface area contributed by atoms with Crippen LogP contribution < -0.4 is 0 Å². The summed E-state index contributed by atoms with van der Waals surface area (Å²) in [6.45, 7) is 0.0547. The van der Waals surface area contributed by atoms with Gasteiger partial charge in [0.05, 0.1) is 17.2 Å². The van der Waals surface area contributed by atoms with Gasteiger partial charge in [0.25, 0.3) is 5.88 Å². The van der Waals surface area contributed by atoms with Crippen molar-refractivity contribution in [2.75, 3.05) is 7.11 Å². The average Bonchev–Trinajstić information content (AvgIpc) is 2.01. The molecule has 0 spiro atoms. The Morgan fingerprint density at radius 3 is 2.71 bits per heavy atom. The third-order valence-electron chi connectivity index (χ3n) is 1.48. The lowest BCUT2D eigenvalue weighted by atomic mass is 10.3. The van der Waals surface area contributed by atoms with Crippen LogP contribution in [0, 0.1) is 10.1 Å². The predicted molar refractivity (Wildman–Crippen MR) is 44.9 cm³/mol. The van der Waals surface area contributed by atoms with E-state index in [1.165, 1.54) is 7.11 Å². The first-order valence-corrected chi connectivity index (χ1v) is 3.61. The van der Waals surface area contributed by atoms with Crippen molar-refractivity contribution in [3.63, 3.8) is 0 Å². The van der Waals surface area contributed by atoms with Crippen molar-refractivity contribution >= 4 is 5.69 Å². The largest absolute Gasteiger partial charge is 0.502 e. The number of nitrogens with zero attached hydrogens (tertiary/aromatic N) is 2. The van der Waals surface area contributed by atoms with Crippen LogP contribution in [0.5, 0.6) is 11.6 Å². The van der Waals surface area contributed by atoms with E-state index in [2.05, 4.69) is 9.72 Å². The summed E-state index contributed by atoms with van der Waals surface area (Å²) < 4.78 is 4.68. The lowest BCUT2D eigenvalue weighted by Crippen LogP contribution is -1.96. The quantitative estimate of drug-likeness (QED) is 0.545. The first-order chi connectivity index (χ1) is 6.56. The van der Waals surface area contributed by atoms with Gasteiger partial charge in [0.1, 0.15) is 0 Å². The van der Waals surface area contributed by atoms with Gasteiger partial charge in [0.2, 0.25) is 5.75 Å². The van der Waals surface area contributed by atoms with Crippen LogP contribution in [0.1, 0.15) is 5.69 Å². The van der Waals surface area contributed by atoms with Gasteiger partial charge in [0, 0.05) is 13.2 Å². The van der Waals surface area contributed by atoms with Crippen LogP contribution in [0.15, 0.2) is 6.07 Å². The maximum atomic E-state index is 10.3. The number of hydrogen-bond donors (Lipinski definition) is 2. The van der Waals surface area contributed by atoms with Crippen LogP contribution >= 0.6 is 0 Å². The Morgan fingerprint density at radius 1 is 1.64 bits per heavy atom. The second-order valence-electron chi connectivity index (χ2n) is 2.50. The summed E-state index contributed by atoms with van der Waals surface area (Å²) in [7, 11) is 1.40. The van der Waals surface area contributed by atoms with Gasteiger partial charge < -0.3 is 14.9 Å². The second kappa shape index (κ2) is 3.88. The molecule has 1 aromatic rings. The fraction of sp³-hybridized carbons (Fsp3) is 0.286. The number of pyridine rings is 1. The summed E-state index contributed by atoms with van der Waals surface area (Å²) in [5.74, 6) is -1.45. The van der Waals surface area contributed by atoms with Crippen molar-refractivity contribution in [2.45, 2.75) is 6.61 Å². The normalized spacial score (nSPS) is 10.1. The maximum Gasteiger partial charge on any atom is 0.371 e. The van der Waals surface area contributed by atoms with E-state index in [1.54, 1.807) is 0 Å². The summed E-state index contributed by atoms with van der Waals surface area (Å²) >= 11 is 0. The van der Waals surface area contributed by atoms with Gasteiger partial charge >= 0.3 is 5.69 Å². The fourth-order valence-electron chi connectivity index (χ4n) is 0.959. The molecule has 0 aliphatic rings. The van der Waals surface area contributed by atoms with E-state index in [1.807, 2.05) is 0 Å². The summed E-state index contributed by atoms with van der Waals surface area (Å²) in [5, 5.41) is 28.6. The maximum absolute atomic E-state index is 10.3. The van der Waals surface area contributed by atoms with Crippen LogP contribution in [0.25, 0.3) is 0 Å². The van der Waals surface area contributed by atoms with E-state index < -0.39 is 22.2 Å². The molecule has 0 bridgehead atoms. The molecule has 14 heavy (non-hydrogen) atoms. The molecular weight excluding hydrogens is 192 g/mol. The van der Waals surface area contributed by atoms with Gasteiger partial charge in [0.15, 0.2) is 0 Å². The molecule has 0 atom stereocenters. The molecular formula is C7H8N2O5. The lowest BCUT2D eigenvalue weighted by molar-refractivity contribution is -0.387. The average molecular weight is 200 g/mol. The SMILES string of the molecule is COCc1cc(O)c([N+](=O)[O-])c(O)n1. The molecule has 2 N–H and O–H groups in total. The Labute approximate surface area is 78.7 Å². The second-order valence-corrected chi connectivity index (χ2v) is 2.50. The molecule has 0 fully saturated rings. The Bertz CT molecular complexity index is 342. The van der Waals surface area contributed by atoms with E-state index >= 15 is 0 Å². The molecule has 0 saturated carbocycles. The topological polar surface area (TPSA) is 106 Å². The van der Waals surface area contributed by atoms with Crippen molar-refractivity contribution in [2.24, 2.45) is 0 Å². The van der Waals surface area contributed by atoms with Gasteiger partial charge in [-0.3, -0.25) is 10.1 Å². The minimum absolute atomic E-state index is 0.0547. The smallest absolute Gasteiger partial charge is 0.371 e. The molecule has 1 aromatic heterocycles. The van der Waals surface area contributed by atoms with Gasteiger partial charge in [-0.1, -0.05) is 0 Å². The first-order valence-electron chi connectivity index (χ1n) is 3.61. The van der Waals surface area contributed by atoms with Crippen molar-refractivity contribution in [3.05, 3.63) is 21.9 Å².